The van der Waals surface area contributed by atoms with Gasteiger partial charge >= 0.3 is 5.97 Å². The molecule has 2 aromatic rings. The summed E-state index contributed by atoms with van der Waals surface area (Å²) in [5.41, 5.74) is 1.15. The Morgan fingerprint density at radius 1 is 0.814 bits per heavy atom. The number of aliphatic carboxylic acids is 1. The molecule has 4 atom stereocenters. The summed E-state index contributed by atoms with van der Waals surface area (Å²) in [6, 6.07) is 11.8. The number of carboxylic acid groups (broad SMARTS) is 1. The van der Waals surface area contributed by atoms with Gasteiger partial charge in [-0.3, -0.25) is 24.0 Å². The molecular formula is C30H39ClN4O7S. The number of carbonyl (C=O) groups excluding carboxylic acids is 4. The Balaban J connectivity index is 2.08. The van der Waals surface area contributed by atoms with E-state index in [2.05, 4.69) is 33.9 Å². The van der Waals surface area contributed by atoms with Gasteiger partial charge in [-0.15, -0.1) is 0 Å². The van der Waals surface area contributed by atoms with Crippen molar-refractivity contribution in [3.05, 3.63) is 70.7 Å². The van der Waals surface area contributed by atoms with Gasteiger partial charge in [0, 0.05) is 23.7 Å². The molecule has 0 saturated carbocycles. The number of thiol groups is 1. The number of benzene rings is 2. The van der Waals surface area contributed by atoms with Crippen LogP contribution in [0.15, 0.2) is 54.6 Å². The number of aliphatic hydroxyl groups is 1. The van der Waals surface area contributed by atoms with Gasteiger partial charge in [-0.25, -0.2) is 0 Å². The second-order valence-electron chi connectivity index (χ2n) is 10.4. The van der Waals surface area contributed by atoms with E-state index < -0.39 is 60.2 Å². The van der Waals surface area contributed by atoms with E-state index in [1.54, 1.807) is 30.3 Å². The van der Waals surface area contributed by atoms with E-state index in [-0.39, 0.29) is 36.6 Å². The molecule has 0 spiro atoms. The molecule has 0 aliphatic heterocycles. The quantitative estimate of drug-likeness (QED) is 0.130. The topological polar surface area (TPSA) is 174 Å². The molecule has 11 nitrogen and oxygen atoms in total. The monoisotopic (exact) mass is 634 g/mol. The third-order valence-corrected chi connectivity index (χ3v) is 7.18. The first-order valence-electron chi connectivity index (χ1n) is 13.9. The molecule has 0 saturated heterocycles. The summed E-state index contributed by atoms with van der Waals surface area (Å²) in [6.07, 6.45) is -1.65. The van der Waals surface area contributed by atoms with Crippen LogP contribution in [0.1, 0.15) is 50.3 Å². The van der Waals surface area contributed by atoms with Gasteiger partial charge < -0.3 is 31.5 Å². The summed E-state index contributed by atoms with van der Waals surface area (Å²) in [6.45, 7) is 3.95. The number of aliphatic hydroxyl groups excluding tert-OH is 1. The van der Waals surface area contributed by atoms with Gasteiger partial charge in [-0.2, -0.15) is 12.6 Å². The average Bonchev–Trinajstić information content (AvgIpc) is 2.97. The maximum atomic E-state index is 13.3. The normalized spacial score (nSPS) is 13.7. The van der Waals surface area contributed by atoms with Gasteiger partial charge in [0.05, 0.1) is 0 Å². The predicted octanol–water partition coefficient (Wildman–Crippen LogP) is 2.03. The average molecular weight is 635 g/mol. The van der Waals surface area contributed by atoms with Gasteiger partial charge in [0.15, 0.2) is 6.10 Å². The minimum Gasteiger partial charge on any atom is -0.481 e. The Kier molecular flexibility index (Phi) is 15.0. The zero-order chi connectivity index (χ0) is 31.9. The van der Waals surface area contributed by atoms with E-state index in [0.29, 0.717) is 11.4 Å². The number of amides is 4. The molecule has 0 radical (unpaired) electrons. The van der Waals surface area contributed by atoms with Crippen LogP contribution in [0.25, 0.3) is 0 Å². The van der Waals surface area contributed by atoms with Gasteiger partial charge in [0.25, 0.3) is 5.91 Å². The third-order valence-electron chi connectivity index (χ3n) is 6.45. The molecule has 4 amide bonds. The van der Waals surface area contributed by atoms with E-state index in [4.69, 9.17) is 16.7 Å². The highest BCUT2D eigenvalue weighted by Gasteiger charge is 2.31. The van der Waals surface area contributed by atoms with Crippen molar-refractivity contribution in [1.29, 1.82) is 0 Å². The van der Waals surface area contributed by atoms with Gasteiger partial charge in [-0.05, 0) is 42.4 Å². The fourth-order valence-electron chi connectivity index (χ4n) is 4.16. The Morgan fingerprint density at radius 3 is 2.00 bits per heavy atom. The van der Waals surface area contributed by atoms with Crippen molar-refractivity contribution in [2.45, 2.75) is 63.8 Å². The Bertz CT molecular complexity index is 1250. The van der Waals surface area contributed by atoms with Crippen LogP contribution < -0.4 is 21.3 Å². The highest BCUT2D eigenvalue weighted by molar-refractivity contribution is 7.80. The third kappa shape index (κ3) is 12.3. The molecule has 13 heteroatoms. The molecule has 0 fully saturated rings. The molecule has 43 heavy (non-hydrogen) atoms. The number of hydrogen-bond donors (Lipinski definition) is 7. The number of hydrogen-bond acceptors (Lipinski definition) is 7. The lowest BCUT2D eigenvalue weighted by Crippen LogP contribution is -2.57. The second-order valence-corrected chi connectivity index (χ2v) is 11.1. The van der Waals surface area contributed by atoms with Crippen molar-refractivity contribution >= 4 is 53.8 Å². The largest absolute Gasteiger partial charge is 0.481 e. The van der Waals surface area contributed by atoms with Gasteiger partial charge in [0.1, 0.15) is 18.1 Å². The van der Waals surface area contributed by atoms with Crippen molar-refractivity contribution in [3.8, 4) is 0 Å². The molecule has 0 aromatic heterocycles. The number of halogens is 1. The fourth-order valence-corrected chi connectivity index (χ4v) is 4.65. The Morgan fingerprint density at radius 2 is 1.40 bits per heavy atom. The molecule has 0 heterocycles. The number of rotatable bonds is 17. The summed E-state index contributed by atoms with van der Waals surface area (Å²) < 4.78 is 0. The molecule has 0 bridgehead atoms. The zero-order valence-corrected chi connectivity index (χ0v) is 25.7. The lowest BCUT2D eigenvalue weighted by atomic mass is 10.0. The number of nitrogens with one attached hydrogen (secondary N) is 4. The van der Waals surface area contributed by atoms with Crippen LogP contribution in [0.4, 0.5) is 0 Å². The van der Waals surface area contributed by atoms with Crippen LogP contribution in [-0.2, 0) is 30.4 Å². The predicted molar refractivity (Wildman–Crippen MR) is 166 cm³/mol. The van der Waals surface area contributed by atoms with Crippen molar-refractivity contribution in [3.63, 3.8) is 0 Å². The summed E-state index contributed by atoms with van der Waals surface area (Å²) in [4.78, 5) is 63.2. The van der Waals surface area contributed by atoms with Crippen LogP contribution in [0.3, 0.4) is 0 Å². The molecule has 2 aromatic carbocycles. The first-order chi connectivity index (χ1) is 20.4. The van der Waals surface area contributed by atoms with Crippen LogP contribution in [0.5, 0.6) is 0 Å². The molecular weight excluding hydrogens is 596 g/mol. The van der Waals surface area contributed by atoms with Crippen LogP contribution in [0.2, 0.25) is 5.02 Å². The summed E-state index contributed by atoms with van der Waals surface area (Å²) in [5.74, 6) is -4.07. The lowest BCUT2D eigenvalue weighted by molar-refractivity contribution is -0.139. The van der Waals surface area contributed by atoms with E-state index in [0.717, 1.165) is 5.56 Å². The maximum Gasteiger partial charge on any atom is 0.303 e. The van der Waals surface area contributed by atoms with E-state index in [9.17, 15) is 29.1 Å². The molecule has 2 rings (SSSR count). The van der Waals surface area contributed by atoms with Crippen LogP contribution in [0, 0.1) is 5.92 Å². The van der Waals surface area contributed by atoms with Crippen molar-refractivity contribution in [2.24, 2.45) is 5.92 Å². The van der Waals surface area contributed by atoms with Crippen LogP contribution >= 0.6 is 24.2 Å². The standard InChI is InChI=1S/C30H39ClN4O7S/c1-18(2)16-23(29(41)35-24(17-43)27(39)32-15-14-19-8-6-7-11-21(19)31)34-28(40)22(12-13-25(36)37)33-30(42)26(38)20-9-4-3-5-10-20/h3-11,18,22-24,26,38,43H,12-17H2,1-2H3,(H,32,39)(H,33,42)(H,34,40)(H,35,41)(H,36,37)/t22-,23-,24-,26-/m0/s1. The summed E-state index contributed by atoms with van der Waals surface area (Å²) in [5, 5.41) is 30.5. The van der Waals surface area contributed by atoms with Gasteiger partial charge in [-0.1, -0.05) is 74.0 Å². The second kappa shape index (κ2) is 18.1. The van der Waals surface area contributed by atoms with E-state index in [1.165, 1.54) is 12.1 Å². The van der Waals surface area contributed by atoms with Crippen molar-refractivity contribution in [1.82, 2.24) is 21.3 Å². The first kappa shape index (κ1) is 35.6. The smallest absolute Gasteiger partial charge is 0.303 e. The van der Waals surface area contributed by atoms with Crippen molar-refractivity contribution in [2.75, 3.05) is 12.3 Å². The summed E-state index contributed by atoms with van der Waals surface area (Å²) >= 11 is 10.4. The lowest BCUT2D eigenvalue weighted by Gasteiger charge is -2.26. The molecule has 0 unspecified atom stereocenters. The molecule has 0 aliphatic carbocycles. The van der Waals surface area contributed by atoms with Crippen LogP contribution in [-0.4, -0.2) is 70.2 Å². The molecule has 6 N–H and O–H groups in total. The summed E-state index contributed by atoms with van der Waals surface area (Å²) in [7, 11) is 0. The number of carboxylic acids is 1. The number of carbonyl (C=O) groups is 5. The fraction of sp³-hybridized carbons (Fsp3) is 0.433. The molecule has 0 aliphatic rings. The highest BCUT2D eigenvalue weighted by Crippen LogP contribution is 2.15. The van der Waals surface area contributed by atoms with E-state index in [1.807, 2.05) is 26.0 Å². The van der Waals surface area contributed by atoms with E-state index >= 15 is 0 Å². The highest BCUT2D eigenvalue weighted by atomic mass is 35.5. The van der Waals surface area contributed by atoms with Crippen molar-refractivity contribution < 1.29 is 34.2 Å². The SMILES string of the molecule is CC(C)C[C@H](NC(=O)[C@H](CCC(=O)O)NC(=O)[C@@H](O)c1ccccc1)C(=O)N[C@@H](CS)C(=O)NCCc1ccccc1Cl. The Labute approximate surface area is 261 Å². The first-order valence-corrected chi connectivity index (χ1v) is 14.9. The molecule has 234 valence electrons. The minimum absolute atomic E-state index is 0.0132. The maximum absolute atomic E-state index is 13.3. The Hall–Kier alpha value is -3.61. The van der Waals surface area contributed by atoms with Gasteiger partial charge in [0.2, 0.25) is 17.7 Å². The zero-order valence-electron chi connectivity index (χ0n) is 24.1. The minimum atomic E-state index is -1.59.